The molecule has 1 saturated carbocycles. The second-order valence-corrected chi connectivity index (χ2v) is 4.66. The number of ether oxygens (including phenoxy) is 2. The van der Waals surface area contributed by atoms with Gasteiger partial charge in [-0.05, 0) is 12.1 Å². The first-order chi connectivity index (χ1) is 9.24. The molecule has 104 valence electrons. The quantitative estimate of drug-likeness (QED) is 0.598. The Hall–Kier alpha value is -1.43. The van der Waals surface area contributed by atoms with Crippen molar-refractivity contribution in [1.29, 1.82) is 0 Å². The zero-order valence-electron chi connectivity index (χ0n) is 10.9. The number of anilines is 1. The Morgan fingerprint density at radius 2 is 1.63 bits per heavy atom. The molecule has 3 rings (SSSR count). The Balaban J connectivity index is 0.000000148. The number of carbonyl (C=O) groups is 1. The number of rotatable bonds is 1. The van der Waals surface area contributed by atoms with Crippen molar-refractivity contribution in [2.24, 2.45) is 5.84 Å². The van der Waals surface area contributed by atoms with Crippen molar-refractivity contribution in [2.75, 3.05) is 18.6 Å². The molecule has 0 atom stereocenters. The van der Waals surface area contributed by atoms with Crippen molar-refractivity contribution < 1.29 is 14.3 Å². The number of nitrogens with one attached hydrogen (secondary N) is 1. The van der Waals surface area contributed by atoms with Crippen molar-refractivity contribution in [3.05, 3.63) is 30.3 Å². The number of nitrogen functional groups attached to an aromatic ring is 1. The van der Waals surface area contributed by atoms with E-state index in [2.05, 4.69) is 5.43 Å². The fourth-order valence-electron chi connectivity index (χ4n) is 2.23. The highest BCUT2D eigenvalue weighted by atomic mass is 16.7. The van der Waals surface area contributed by atoms with Gasteiger partial charge in [-0.15, -0.1) is 0 Å². The molecule has 1 aromatic carbocycles. The van der Waals surface area contributed by atoms with Crippen LogP contribution in [0.4, 0.5) is 5.69 Å². The maximum atomic E-state index is 10.9. The Kier molecular flexibility index (Phi) is 4.90. The first-order valence-electron chi connectivity index (χ1n) is 6.55. The van der Waals surface area contributed by atoms with E-state index in [0.717, 1.165) is 18.5 Å². The van der Waals surface area contributed by atoms with E-state index in [4.69, 9.17) is 15.3 Å². The lowest BCUT2D eigenvalue weighted by atomic mass is 9.93. The highest BCUT2D eigenvalue weighted by molar-refractivity contribution is 5.79. The molecule has 1 aromatic rings. The van der Waals surface area contributed by atoms with E-state index >= 15 is 0 Å². The number of hydrogen-bond acceptors (Lipinski definition) is 5. The molecular formula is C14H20N2O3. The normalized spacial score (nSPS) is 20.8. The zero-order chi connectivity index (χ0) is 13.6. The third-order valence-electron chi connectivity index (χ3n) is 3.32. The van der Waals surface area contributed by atoms with Crippen LogP contribution in [0.25, 0.3) is 0 Å². The third-order valence-corrected chi connectivity index (χ3v) is 3.32. The third kappa shape index (κ3) is 4.02. The van der Waals surface area contributed by atoms with Crippen molar-refractivity contribution in [2.45, 2.75) is 31.5 Å². The van der Waals surface area contributed by atoms with Gasteiger partial charge in [-0.25, -0.2) is 0 Å². The molecule has 0 amide bonds. The summed E-state index contributed by atoms with van der Waals surface area (Å²) in [6, 6.07) is 9.60. The second kappa shape index (κ2) is 6.65. The van der Waals surface area contributed by atoms with E-state index in [-0.39, 0.29) is 5.79 Å². The minimum Gasteiger partial charge on any atom is -0.348 e. The van der Waals surface area contributed by atoms with Crippen LogP contribution in [-0.2, 0) is 14.3 Å². The predicted molar refractivity (Wildman–Crippen MR) is 72.4 cm³/mol. The molecule has 0 bridgehead atoms. The van der Waals surface area contributed by atoms with Crippen molar-refractivity contribution in [3.8, 4) is 0 Å². The molecule has 2 fully saturated rings. The van der Waals surface area contributed by atoms with Gasteiger partial charge < -0.3 is 14.9 Å². The maximum Gasteiger partial charge on any atom is 0.169 e. The summed E-state index contributed by atoms with van der Waals surface area (Å²) in [6.07, 6.45) is 2.76. The summed E-state index contributed by atoms with van der Waals surface area (Å²) in [5.41, 5.74) is 3.46. The summed E-state index contributed by atoms with van der Waals surface area (Å²) in [4.78, 5) is 10.9. The van der Waals surface area contributed by atoms with Crippen molar-refractivity contribution in [3.63, 3.8) is 0 Å². The predicted octanol–water partition coefficient (Wildman–Crippen LogP) is 1.84. The van der Waals surface area contributed by atoms with Crippen LogP contribution in [0.5, 0.6) is 0 Å². The van der Waals surface area contributed by atoms with E-state index in [0.29, 0.717) is 31.8 Å². The summed E-state index contributed by atoms with van der Waals surface area (Å²) in [6.45, 7) is 1.38. The zero-order valence-corrected chi connectivity index (χ0v) is 10.9. The molecule has 1 heterocycles. The van der Waals surface area contributed by atoms with Gasteiger partial charge in [-0.1, -0.05) is 18.2 Å². The molecular weight excluding hydrogens is 244 g/mol. The number of ketones is 1. The fourth-order valence-corrected chi connectivity index (χ4v) is 2.23. The number of hydrogen-bond donors (Lipinski definition) is 2. The van der Waals surface area contributed by atoms with Crippen molar-refractivity contribution in [1.82, 2.24) is 0 Å². The van der Waals surface area contributed by atoms with Crippen molar-refractivity contribution >= 4 is 11.5 Å². The second-order valence-electron chi connectivity index (χ2n) is 4.66. The van der Waals surface area contributed by atoms with Gasteiger partial charge in [0.25, 0.3) is 0 Å². The monoisotopic (exact) mass is 264 g/mol. The maximum absolute atomic E-state index is 10.9. The molecule has 1 saturated heterocycles. The minimum absolute atomic E-state index is 0.342. The van der Waals surface area contributed by atoms with Crippen LogP contribution >= 0.6 is 0 Å². The topological polar surface area (TPSA) is 73.6 Å². The van der Waals surface area contributed by atoms with Gasteiger partial charge in [0.15, 0.2) is 5.79 Å². The molecule has 2 aliphatic rings. The summed E-state index contributed by atoms with van der Waals surface area (Å²) in [5, 5.41) is 0. The summed E-state index contributed by atoms with van der Waals surface area (Å²) in [5.74, 6) is 5.08. The average molecular weight is 264 g/mol. The smallest absolute Gasteiger partial charge is 0.169 e. The first kappa shape index (κ1) is 14.0. The van der Waals surface area contributed by atoms with Crippen LogP contribution in [-0.4, -0.2) is 24.8 Å². The molecule has 5 nitrogen and oxygen atoms in total. The number of benzene rings is 1. The molecule has 0 radical (unpaired) electrons. The largest absolute Gasteiger partial charge is 0.348 e. The van der Waals surface area contributed by atoms with Gasteiger partial charge in [0.2, 0.25) is 0 Å². The number of carbonyl (C=O) groups excluding carboxylic acids is 1. The van der Waals surface area contributed by atoms with Gasteiger partial charge in [-0.3, -0.25) is 10.6 Å². The van der Waals surface area contributed by atoms with Crippen LogP contribution in [0.1, 0.15) is 25.7 Å². The standard InChI is InChI=1S/C8H12O3.C6H8N2/c9-7-1-3-8(4-2-7)10-5-6-11-8;7-8-6-4-2-1-3-5-6/h1-6H2;1-5,8H,7H2. The van der Waals surface area contributed by atoms with E-state index in [1.54, 1.807) is 0 Å². The minimum atomic E-state index is -0.367. The molecule has 5 heteroatoms. The Morgan fingerprint density at radius 3 is 2.11 bits per heavy atom. The number of nitrogens with two attached hydrogens (primary N) is 1. The van der Waals surface area contributed by atoms with Crippen LogP contribution in [0.2, 0.25) is 0 Å². The fraction of sp³-hybridized carbons (Fsp3) is 0.500. The molecule has 1 spiro atoms. The SMILES string of the molecule is NNc1ccccc1.O=C1CCC2(CC1)OCCO2. The Morgan fingerprint density at radius 1 is 1.05 bits per heavy atom. The summed E-state index contributed by atoms with van der Waals surface area (Å²) in [7, 11) is 0. The van der Waals surface area contributed by atoms with Gasteiger partial charge in [0.1, 0.15) is 5.78 Å². The molecule has 3 N–H and O–H groups in total. The van der Waals surface area contributed by atoms with Gasteiger partial charge in [-0.2, -0.15) is 0 Å². The lowest BCUT2D eigenvalue weighted by molar-refractivity contribution is -0.179. The van der Waals surface area contributed by atoms with Gasteiger partial charge in [0.05, 0.1) is 13.2 Å². The summed E-state index contributed by atoms with van der Waals surface area (Å²) >= 11 is 0. The molecule has 0 aromatic heterocycles. The van der Waals surface area contributed by atoms with Crippen LogP contribution < -0.4 is 11.3 Å². The van der Waals surface area contributed by atoms with E-state index in [1.807, 2.05) is 30.3 Å². The highest BCUT2D eigenvalue weighted by Gasteiger charge is 2.39. The highest BCUT2D eigenvalue weighted by Crippen LogP contribution is 2.33. The molecule has 1 aliphatic heterocycles. The van der Waals surface area contributed by atoms with E-state index < -0.39 is 0 Å². The molecule has 1 aliphatic carbocycles. The van der Waals surface area contributed by atoms with Crippen LogP contribution in [0, 0.1) is 0 Å². The van der Waals surface area contributed by atoms with E-state index in [1.165, 1.54) is 0 Å². The van der Waals surface area contributed by atoms with Gasteiger partial charge in [0, 0.05) is 31.4 Å². The average Bonchev–Trinajstić information content (AvgIpc) is 2.93. The number of hydrazine groups is 1. The van der Waals surface area contributed by atoms with Crippen LogP contribution in [0.15, 0.2) is 30.3 Å². The number of Topliss-reactive ketones (excluding diaryl/α,β-unsaturated/α-hetero) is 1. The summed E-state index contributed by atoms with van der Waals surface area (Å²) < 4.78 is 10.9. The lowest BCUT2D eigenvalue weighted by Gasteiger charge is -2.30. The number of para-hydroxylation sites is 1. The lowest BCUT2D eigenvalue weighted by Crippen LogP contribution is -2.35. The molecule has 0 unspecified atom stereocenters. The first-order valence-corrected chi connectivity index (χ1v) is 6.55. The van der Waals surface area contributed by atoms with E-state index in [9.17, 15) is 4.79 Å². The Labute approximate surface area is 113 Å². The van der Waals surface area contributed by atoms with Crippen LogP contribution in [0.3, 0.4) is 0 Å². The molecule has 19 heavy (non-hydrogen) atoms. The Bertz CT molecular complexity index is 390. The van der Waals surface area contributed by atoms with Gasteiger partial charge >= 0.3 is 0 Å².